The van der Waals surface area contributed by atoms with E-state index in [1.54, 1.807) is 0 Å². The highest BCUT2D eigenvalue weighted by Crippen LogP contribution is 2.27. The van der Waals surface area contributed by atoms with Gasteiger partial charge in [0.2, 0.25) is 0 Å². The summed E-state index contributed by atoms with van der Waals surface area (Å²) in [7, 11) is 0. The van der Waals surface area contributed by atoms with E-state index >= 15 is 0 Å². The zero-order valence-corrected chi connectivity index (χ0v) is 15.8. The lowest BCUT2D eigenvalue weighted by molar-refractivity contribution is 0.0688. The van der Waals surface area contributed by atoms with Crippen molar-refractivity contribution in [3.05, 3.63) is 52.5 Å². The van der Waals surface area contributed by atoms with E-state index in [1.807, 2.05) is 22.9 Å². The van der Waals surface area contributed by atoms with Crippen molar-refractivity contribution in [3.8, 4) is 0 Å². The molecule has 1 aromatic carbocycles. The minimum atomic E-state index is -0.935. The highest BCUT2D eigenvalue weighted by molar-refractivity contribution is 5.87. The molecule has 27 heavy (non-hydrogen) atoms. The number of carbonyl (C=O) groups is 1. The first kappa shape index (κ1) is 17.8. The van der Waals surface area contributed by atoms with Crippen molar-refractivity contribution in [2.75, 3.05) is 0 Å². The van der Waals surface area contributed by atoms with Gasteiger partial charge in [-0.05, 0) is 44.2 Å². The smallest absolute Gasteiger partial charge is 0.356 e. The summed E-state index contributed by atoms with van der Waals surface area (Å²) in [6.45, 7) is 5.58. The molecule has 1 aliphatic rings. The van der Waals surface area contributed by atoms with Crippen LogP contribution in [0.1, 0.15) is 52.8 Å². The number of aromatic carboxylic acids is 1. The third-order valence-corrected chi connectivity index (χ3v) is 5.48. The van der Waals surface area contributed by atoms with Crippen LogP contribution in [0.4, 0.5) is 0 Å². The maximum Gasteiger partial charge on any atom is 0.356 e. The van der Waals surface area contributed by atoms with Crippen LogP contribution in [0.25, 0.3) is 11.0 Å². The molecule has 0 fully saturated rings. The van der Waals surface area contributed by atoms with Crippen molar-refractivity contribution in [2.45, 2.75) is 58.7 Å². The van der Waals surface area contributed by atoms with E-state index in [1.165, 1.54) is 0 Å². The lowest BCUT2D eigenvalue weighted by Gasteiger charge is -2.24. The predicted octanol–water partition coefficient (Wildman–Crippen LogP) is 3.69. The Kier molecular flexibility index (Phi) is 4.74. The molecule has 0 spiro atoms. The standard InChI is InChI=1S/C21H25N3O3/c1-3-10-24-17-9-8-14(11-16(17)20(23-24)21(25)26)22-12-19-13(2)15-6-4-5-7-18(15)27-19/h4-7,14,22H,3,8-12H2,1-2H3,(H,25,26)/t14-/m0/s1. The van der Waals surface area contributed by atoms with Gasteiger partial charge >= 0.3 is 5.97 Å². The van der Waals surface area contributed by atoms with Gasteiger partial charge in [-0.25, -0.2) is 4.79 Å². The zero-order chi connectivity index (χ0) is 19.0. The molecule has 0 bridgehead atoms. The fourth-order valence-electron chi connectivity index (χ4n) is 4.06. The highest BCUT2D eigenvalue weighted by atomic mass is 16.4. The topological polar surface area (TPSA) is 80.3 Å². The quantitative estimate of drug-likeness (QED) is 0.694. The highest BCUT2D eigenvalue weighted by Gasteiger charge is 2.29. The second kappa shape index (κ2) is 7.19. The monoisotopic (exact) mass is 367 g/mol. The third kappa shape index (κ3) is 3.25. The summed E-state index contributed by atoms with van der Waals surface area (Å²) in [5.41, 5.74) is 4.27. The fourth-order valence-corrected chi connectivity index (χ4v) is 4.06. The second-order valence-electron chi connectivity index (χ2n) is 7.27. The fraction of sp³-hybridized carbons (Fsp3) is 0.429. The number of benzene rings is 1. The Bertz CT molecular complexity index is 986. The maximum absolute atomic E-state index is 11.6. The first-order valence-electron chi connectivity index (χ1n) is 9.60. The summed E-state index contributed by atoms with van der Waals surface area (Å²) >= 11 is 0. The van der Waals surface area contributed by atoms with Crippen LogP contribution in [0, 0.1) is 6.92 Å². The van der Waals surface area contributed by atoms with Crippen molar-refractivity contribution in [1.82, 2.24) is 15.1 Å². The Morgan fingerprint density at radius 1 is 1.41 bits per heavy atom. The minimum absolute atomic E-state index is 0.213. The number of rotatable bonds is 6. The molecule has 142 valence electrons. The van der Waals surface area contributed by atoms with E-state index in [2.05, 4.69) is 30.3 Å². The van der Waals surface area contributed by atoms with Crippen LogP contribution in [0.5, 0.6) is 0 Å². The van der Waals surface area contributed by atoms with E-state index in [4.69, 9.17) is 4.42 Å². The molecule has 2 aromatic heterocycles. The number of fused-ring (bicyclic) bond motifs is 2. The van der Waals surface area contributed by atoms with Crippen molar-refractivity contribution in [2.24, 2.45) is 0 Å². The maximum atomic E-state index is 11.6. The van der Waals surface area contributed by atoms with Crippen LogP contribution in [0.15, 0.2) is 28.7 Å². The number of hydrogen-bond acceptors (Lipinski definition) is 4. The van der Waals surface area contributed by atoms with Gasteiger partial charge in [0.05, 0.1) is 6.54 Å². The molecule has 0 radical (unpaired) electrons. The molecular formula is C21H25N3O3. The molecule has 1 atom stereocenters. The number of aryl methyl sites for hydroxylation is 2. The molecule has 6 nitrogen and oxygen atoms in total. The van der Waals surface area contributed by atoms with Crippen molar-refractivity contribution in [3.63, 3.8) is 0 Å². The number of furan rings is 1. The van der Waals surface area contributed by atoms with Crippen LogP contribution in [-0.2, 0) is 25.9 Å². The van der Waals surface area contributed by atoms with Crippen LogP contribution < -0.4 is 5.32 Å². The lowest BCUT2D eigenvalue weighted by Crippen LogP contribution is -2.34. The van der Waals surface area contributed by atoms with E-state index in [0.717, 1.165) is 59.4 Å². The summed E-state index contributed by atoms with van der Waals surface area (Å²) in [6.07, 6.45) is 3.47. The van der Waals surface area contributed by atoms with Gasteiger partial charge in [-0.2, -0.15) is 5.10 Å². The average molecular weight is 367 g/mol. The normalized spacial score (nSPS) is 16.6. The SMILES string of the molecule is CCCn1nc(C(=O)O)c2c1CC[C@H](NCc1oc3ccccc3c1C)C2. The molecule has 1 aliphatic carbocycles. The van der Waals surface area contributed by atoms with Gasteiger partial charge < -0.3 is 14.8 Å². The molecule has 6 heteroatoms. The first-order valence-corrected chi connectivity index (χ1v) is 9.60. The summed E-state index contributed by atoms with van der Waals surface area (Å²) in [5.74, 6) is 0.0111. The molecular weight excluding hydrogens is 342 g/mol. The van der Waals surface area contributed by atoms with Crippen molar-refractivity contribution >= 4 is 16.9 Å². The average Bonchev–Trinajstić information content (AvgIpc) is 3.19. The van der Waals surface area contributed by atoms with Gasteiger partial charge in [0.1, 0.15) is 11.3 Å². The first-order chi connectivity index (χ1) is 13.1. The van der Waals surface area contributed by atoms with Gasteiger partial charge in [-0.3, -0.25) is 4.68 Å². The third-order valence-electron chi connectivity index (χ3n) is 5.48. The Hall–Kier alpha value is -2.60. The van der Waals surface area contributed by atoms with E-state index in [9.17, 15) is 9.90 Å². The van der Waals surface area contributed by atoms with Crippen LogP contribution in [0.2, 0.25) is 0 Å². The van der Waals surface area contributed by atoms with Gasteiger partial charge in [0.15, 0.2) is 5.69 Å². The van der Waals surface area contributed by atoms with Crippen molar-refractivity contribution in [1.29, 1.82) is 0 Å². The molecule has 0 aliphatic heterocycles. The second-order valence-corrected chi connectivity index (χ2v) is 7.27. The summed E-state index contributed by atoms with van der Waals surface area (Å²) in [6, 6.07) is 8.28. The van der Waals surface area contributed by atoms with E-state index in [-0.39, 0.29) is 11.7 Å². The molecule has 0 unspecified atom stereocenters. The Morgan fingerprint density at radius 2 is 2.22 bits per heavy atom. The van der Waals surface area contributed by atoms with Gasteiger partial charge in [0.25, 0.3) is 0 Å². The molecule has 2 N–H and O–H groups in total. The van der Waals surface area contributed by atoms with E-state index < -0.39 is 5.97 Å². The van der Waals surface area contributed by atoms with E-state index in [0.29, 0.717) is 13.0 Å². The van der Waals surface area contributed by atoms with Gasteiger partial charge in [0, 0.05) is 29.2 Å². The Labute approximate surface area is 158 Å². The van der Waals surface area contributed by atoms with Crippen LogP contribution >= 0.6 is 0 Å². The van der Waals surface area contributed by atoms with Crippen LogP contribution in [-0.4, -0.2) is 26.9 Å². The number of para-hydroxylation sites is 1. The molecule has 0 amide bonds. The number of nitrogens with one attached hydrogen (secondary N) is 1. The molecule has 0 saturated carbocycles. The van der Waals surface area contributed by atoms with Gasteiger partial charge in [-0.1, -0.05) is 25.1 Å². The summed E-state index contributed by atoms with van der Waals surface area (Å²) < 4.78 is 7.87. The van der Waals surface area contributed by atoms with Crippen LogP contribution in [0.3, 0.4) is 0 Å². The molecule has 2 heterocycles. The Morgan fingerprint density at radius 3 is 2.96 bits per heavy atom. The summed E-state index contributed by atoms with van der Waals surface area (Å²) in [5, 5.41) is 18.6. The number of hydrogen-bond donors (Lipinski definition) is 2. The molecule has 3 aromatic rings. The number of carboxylic acids is 1. The molecule has 4 rings (SSSR count). The molecule has 0 saturated heterocycles. The number of nitrogens with zero attached hydrogens (tertiary/aromatic N) is 2. The zero-order valence-electron chi connectivity index (χ0n) is 15.8. The van der Waals surface area contributed by atoms with Gasteiger partial charge in [-0.15, -0.1) is 0 Å². The predicted molar refractivity (Wildman–Crippen MR) is 103 cm³/mol. The summed E-state index contributed by atoms with van der Waals surface area (Å²) in [4.78, 5) is 11.6. The minimum Gasteiger partial charge on any atom is -0.476 e. The Balaban J connectivity index is 1.51. The number of carboxylic acid groups (broad SMARTS) is 1. The number of aromatic nitrogens is 2. The van der Waals surface area contributed by atoms with Crippen molar-refractivity contribution < 1.29 is 14.3 Å². The lowest BCUT2D eigenvalue weighted by atomic mass is 9.91. The largest absolute Gasteiger partial charge is 0.476 e.